The van der Waals surface area contributed by atoms with Crippen LogP contribution in [0.4, 0.5) is 0 Å². The lowest BCUT2D eigenvalue weighted by Crippen LogP contribution is -2.67. The van der Waals surface area contributed by atoms with E-state index in [1.165, 1.54) is 14.0 Å². The van der Waals surface area contributed by atoms with E-state index in [0.29, 0.717) is 19.4 Å². The Kier molecular flexibility index (Phi) is 14.9. The Morgan fingerprint density at radius 3 is 2.30 bits per heavy atom. The summed E-state index contributed by atoms with van der Waals surface area (Å²) in [6.07, 6.45) is -13.6. The highest BCUT2D eigenvalue weighted by molar-refractivity contribution is 5.85. The number of ether oxygens (including phenoxy) is 4. The lowest BCUT2D eigenvalue weighted by molar-refractivity contribution is -0.306. The molecule has 3 rings (SSSR count). The second-order valence-corrected chi connectivity index (χ2v) is 12.6. The molecule has 46 heavy (non-hydrogen) atoms. The van der Waals surface area contributed by atoms with Crippen LogP contribution in [0.5, 0.6) is 0 Å². The summed E-state index contributed by atoms with van der Waals surface area (Å²) in [4.78, 5) is 4.24. The minimum absolute atomic E-state index is 0.0551. The number of nitrogens with two attached hydrogens (primary N) is 3. The van der Waals surface area contributed by atoms with E-state index >= 15 is 0 Å². The highest BCUT2D eigenvalue weighted by Crippen LogP contribution is 2.33. The third-order valence-corrected chi connectivity index (χ3v) is 8.70. The van der Waals surface area contributed by atoms with E-state index in [1.807, 2.05) is 0 Å². The number of hydrogen-bond acceptors (Lipinski definition) is 18. The molecule has 270 valence electrons. The molecule has 3 fully saturated rings. The molecule has 16 atom stereocenters. The average Bonchev–Trinajstić information content (AvgIpc) is 3.02. The van der Waals surface area contributed by atoms with Crippen molar-refractivity contribution in [2.75, 3.05) is 40.0 Å². The van der Waals surface area contributed by atoms with Gasteiger partial charge < -0.3 is 92.7 Å². The van der Waals surface area contributed by atoms with Crippen LogP contribution in [0, 0.1) is 0 Å². The van der Waals surface area contributed by atoms with Gasteiger partial charge in [-0.25, -0.2) is 0 Å². The summed E-state index contributed by atoms with van der Waals surface area (Å²) in [6, 6.07) is -3.48. The summed E-state index contributed by atoms with van der Waals surface area (Å²) in [7, 11) is 1.54. The molecular formula is C27H54N6O13. The number of aliphatic imine (C=N–C) groups is 1. The summed E-state index contributed by atoms with van der Waals surface area (Å²) < 4.78 is 23.9. The predicted octanol–water partition coefficient (Wildman–Crippen LogP) is -7.52. The maximum absolute atomic E-state index is 11.6. The molecule has 0 spiro atoms. The van der Waals surface area contributed by atoms with E-state index in [4.69, 9.17) is 46.4 Å². The summed E-state index contributed by atoms with van der Waals surface area (Å²) in [5, 5.41) is 97.2. The van der Waals surface area contributed by atoms with Gasteiger partial charge in [0.05, 0.1) is 50.2 Å². The maximum Gasteiger partial charge on any atom is 0.185 e. The molecule has 2 aliphatic heterocycles. The van der Waals surface area contributed by atoms with Crippen LogP contribution >= 0.6 is 0 Å². The van der Waals surface area contributed by atoms with Gasteiger partial charge in [0.25, 0.3) is 0 Å². The first kappa shape index (κ1) is 39.2. The summed E-state index contributed by atoms with van der Waals surface area (Å²) in [6.45, 7) is 0.458. The smallest absolute Gasteiger partial charge is 0.185 e. The van der Waals surface area contributed by atoms with Gasteiger partial charge in [-0.15, -0.1) is 0 Å². The molecule has 1 saturated carbocycles. The molecule has 3 aliphatic rings. The molecule has 2 heterocycles. The Bertz CT molecular complexity index is 956. The van der Waals surface area contributed by atoms with Crippen LogP contribution in [0.3, 0.4) is 0 Å². The van der Waals surface area contributed by atoms with E-state index < -0.39 is 110 Å². The highest BCUT2D eigenvalue weighted by atomic mass is 16.7. The molecule has 0 aromatic rings. The summed E-state index contributed by atoms with van der Waals surface area (Å²) in [5.41, 5.74) is 17.2. The molecule has 0 bridgehead atoms. The summed E-state index contributed by atoms with van der Waals surface area (Å²) in [5.74, 6) is -0.544. The van der Waals surface area contributed by atoms with Crippen LogP contribution < -0.4 is 27.8 Å². The molecule has 17 N–H and O–H groups in total. The van der Waals surface area contributed by atoms with Crippen molar-refractivity contribution in [2.24, 2.45) is 22.2 Å². The number of likely N-dealkylation sites (N-methyl/N-ethyl adjacent to an activating group) is 1. The van der Waals surface area contributed by atoms with E-state index in [0.717, 1.165) is 0 Å². The Labute approximate surface area is 267 Å². The Hall–Kier alpha value is -1.21. The molecular weight excluding hydrogens is 616 g/mol. The average molecular weight is 671 g/mol. The highest BCUT2D eigenvalue weighted by Gasteiger charge is 2.52. The first-order valence-electron chi connectivity index (χ1n) is 15.5. The van der Waals surface area contributed by atoms with Gasteiger partial charge in [0.15, 0.2) is 12.6 Å². The van der Waals surface area contributed by atoms with Crippen molar-refractivity contribution in [2.45, 2.75) is 123 Å². The van der Waals surface area contributed by atoms with Crippen LogP contribution in [-0.4, -0.2) is 189 Å². The van der Waals surface area contributed by atoms with Gasteiger partial charge in [0.1, 0.15) is 54.2 Å². The number of rotatable bonds is 15. The van der Waals surface area contributed by atoms with Gasteiger partial charge in [-0.2, -0.15) is 0 Å². The minimum Gasteiger partial charge on any atom is -0.394 e. The maximum atomic E-state index is 11.6. The van der Waals surface area contributed by atoms with Crippen molar-refractivity contribution in [1.29, 1.82) is 0 Å². The Morgan fingerprint density at radius 2 is 1.67 bits per heavy atom. The van der Waals surface area contributed by atoms with Gasteiger partial charge in [0.2, 0.25) is 0 Å². The lowest BCUT2D eigenvalue weighted by atomic mass is 9.83. The summed E-state index contributed by atoms with van der Waals surface area (Å²) >= 11 is 0. The van der Waals surface area contributed by atoms with Gasteiger partial charge in [0, 0.05) is 19.1 Å². The van der Waals surface area contributed by atoms with E-state index in [9.17, 15) is 35.7 Å². The Balaban J connectivity index is 1.83. The molecule has 2 saturated heterocycles. The zero-order valence-corrected chi connectivity index (χ0v) is 26.2. The lowest BCUT2D eigenvalue weighted by Gasteiger charge is -2.48. The normalized spacial score (nSPS) is 41.9. The van der Waals surface area contributed by atoms with E-state index in [1.54, 1.807) is 0 Å². The van der Waals surface area contributed by atoms with E-state index in [-0.39, 0.29) is 25.7 Å². The van der Waals surface area contributed by atoms with Gasteiger partial charge in [-0.05, 0) is 33.2 Å². The fourth-order valence-electron chi connectivity index (χ4n) is 5.96. The fraction of sp³-hybridized carbons (Fsp3) is 0.963. The van der Waals surface area contributed by atoms with Crippen molar-refractivity contribution < 1.29 is 64.9 Å². The number of aliphatic hydroxyl groups excluding tert-OH is 8. The van der Waals surface area contributed by atoms with Crippen molar-refractivity contribution in [1.82, 2.24) is 10.6 Å². The van der Waals surface area contributed by atoms with Gasteiger partial charge >= 0.3 is 0 Å². The van der Waals surface area contributed by atoms with Crippen LogP contribution in [0.2, 0.25) is 0 Å². The van der Waals surface area contributed by atoms with Crippen LogP contribution in [0.15, 0.2) is 4.99 Å². The standard InChI is InChI=1S/C27H54N6O13/c1-27(42)10-43-26(20(41)23(27)31-2)46-22-15(33-24(30)18(39)17(38)16(37)9-35)5-14(29)21(19(22)40)45-25-13(28)4-3-12(44-25)7-32-6-11(36)8-34/h11-23,25-26,31-32,34-42H,3-10,28-29H2,1-2H3,(H2,30,33). The zero-order chi connectivity index (χ0) is 34.3. The number of amidine groups is 1. The Morgan fingerprint density at radius 1 is 1.00 bits per heavy atom. The van der Waals surface area contributed by atoms with Crippen LogP contribution in [-0.2, 0) is 18.9 Å². The minimum atomic E-state index is -1.90. The number of hydrogen-bond donors (Lipinski definition) is 14. The van der Waals surface area contributed by atoms with Crippen LogP contribution in [0.1, 0.15) is 26.2 Å². The predicted molar refractivity (Wildman–Crippen MR) is 160 cm³/mol. The molecule has 0 aromatic heterocycles. The van der Waals surface area contributed by atoms with Crippen molar-refractivity contribution in [3.8, 4) is 0 Å². The zero-order valence-electron chi connectivity index (χ0n) is 26.2. The monoisotopic (exact) mass is 670 g/mol. The number of nitrogens with one attached hydrogen (secondary N) is 2. The first-order chi connectivity index (χ1) is 21.6. The topological polar surface area (TPSA) is 333 Å². The van der Waals surface area contributed by atoms with Crippen molar-refractivity contribution >= 4 is 5.84 Å². The largest absolute Gasteiger partial charge is 0.394 e. The number of nitrogens with zero attached hydrogens (tertiary/aromatic N) is 1. The molecule has 0 amide bonds. The van der Waals surface area contributed by atoms with Gasteiger partial charge in [-0.1, -0.05) is 0 Å². The number of aliphatic hydroxyl groups is 9. The molecule has 16 unspecified atom stereocenters. The van der Waals surface area contributed by atoms with E-state index in [2.05, 4.69) is 15.6 Å². The second-order valence-electron chi connectivity index (χ2n) is 12.6. The fourth-order valence-corrected chi connectivity index (χ4v) is 5.96. The van der Waals surface area contributed by atoms with Crippen molar-refractivity contribution in [3.05, 3.63) is 0 Å². The third-order valence-electron chi connectivity index (χ3n) is 8.70. The third kappa shape index (κ3) is 9.70. The SMILES string of the molecule is CNC1C(O)C(OC2C(N=C(N)C(O)C(O)C(O)CO)CC(N)C(OC3OC(CNCC(O)CO)CCC3N)C2O)OCC1(C)O. The molecule has 19 heteroatoms. The second kappa shape index (κ2) is 17.4. The molecule has 1 aliphatic carbocycles. The quantitative estimate of drug-likeness (QED) is 0.0568. The first-order valence-corrected chi connectivity index (χ1v) is 15.5. The molecule has 19 nitrogen and oxygen atoms in total. The molecule has 0 aromatic carbocycles. The van der Waals surface area contributed by atoms with Crippen molar-refractivity contribution in [3.63, 3.8) is 0 Å². The molecule has 0 radical (unpaired) electrons. The van der Waals surface area contributed by atoms with Crippen LogP contribution in [0.25, 0.3) is 0 Å². The van der Waals surface area contributed by atoms with Gasteiger partial charge in [-0.3, -0.25) is 4.99 Å².